The van der Waals surface area contributed by atoms with Crippen molar-refractivity contribution < 1.29 is 17.8 Å². The molecule has 0 bridgehead atoms. The third-order valence-corrected chi connectivity index (χ3v) is 3.39. The van der Waals surface area contributed by atoms with Gasteiger partial charge in [0.2, 0.25) is 0 Å². The van der Waals surface area contributed by atoms with E-state index in [9.17, 15) is 13.2 Å². The van der Waals surface area contributed by atoms with E-state index >= 15 is 0 Å². The maximum atomic E-state index is 11.7. The third kappa shape index (κ3) is 5.64. The van der Waals surface area contributed by atoms with Gasteiger partial charge in [0.25, 0.3) is 16.0 Å². The summed E-state index contributed by atoms with van der Waals surface area (Å²) < 4.78 is 26.9. The van der Waals surface area contributed by atoms with Crippen LogP contribution in [0.4, 0.5) is 0 Å². The van der Waals surface area contributed by atoms with Crippen molar-refractivity contribution >= 4 is 49.5 Å². The number of amides is 1. The van der Waals surface area contributed by atoms with E-state index in [0.717, 1.165) is 15.6 Å². The fourth-order valence-electron chi connectivity index (χ4n) is 1.56. The van der Waals surface area contributed by atoms with Gasteiger partial charge in [-0.15, -0.1) is 11.3 Å². The lowest BCUT2D eigenvalue weighted by Gasteiger charge is -1.97. The average molecular weight is 341 g/mol. The van der Waals surface area contributed by atoms with Gasteiger partial charge in [0.1, 0.15) is 0 Å². The molecule has 1 aromatic heterocycles. The van der Waals surface area contributed by atoms with E-state index in [-0.39, 0.29) is 11.9 Å². The Morgan fingerprint density at radius 1 is 1.50 bits per heavy atom. The van der Waals surface area contributed by atoms with Crippen molar-refractivity contribution in [2.45, 2.75) is 0 Å². The molecule has 0 atom stereocenters. The van der Waals surface area contributed by atoms with Crippen LogP contribution in [0.25, 0.3) is 16.2 Å². The molecule has 9 heteroatoms. The Morgan fingerprint density at radius 2 is 2.09 bits per heavy atom. The van der Waals surface area contributed by atoms with Gasteiger partial charge < -0.3 is 5.73 Å². The molecule has 0 spiro atoms. The number of rotatable bonds is 2. The molecule has 0 saturated carbocycles. The average Bonchev–Trinajstić information content (AvgIpc) is 2.79. The number of carbonyl (C=O) groups is 1. The fraction of sp³-hybridized carbons (Fsp3) is 0.0769. The van der Waals surface area contributed by atoms with Crippen LogP contribution in [0.15, 0.2) is 30.8 Å². The van der Waals surface area contributed by atoms with Crippen LogP contribution in [0.2, 0.25) is 0 Å². The Kier molecular flexibility index (Phi) is 5.80. The Balaban J connectivity index is 0.000000422. The molecule has 1 heterocycles. The van der Waals surface area contributed by atoms with Gasteiger partial charge in [-0.25, -0.2) is 0 Å². The third-order valence-electron chi connectivity index (χ3n) is 2.29. The van der Waals surface area contributed by atoms with E-state index in [1.54, 1.807) is 12.1 Å². The summed E-state index contributed by atoms with van der Waals surface area (Å²) in [6, 6.07) is 7.59. The highest BCUT2D eigenvalue weighted by Gasteiger charge is 2.11. The molecule has 0 unspecified atom stereocenters. The molecule has 7 nitrogen and oxygen atoms in total. The van der Waals surface area contributed by atoms with Gasteiger partial charge in [0.05, 0.1) is 11.1 Å². The second-order valence-corrected chi connectivity index (χ2v) is 6.72. The van der Waals surface area contributed by atoms with Crippen LogP contribution in [0.5, 0.6) is 0 Å². The first kappa shape index (κ1) is 17.8. The number of hydrogen-bond acceptors (Lipinski definition) is 5. The molecule has 118 valence electrons. The number of benzene rings is 1. The van der Waals surface area contributed by atoms with Gasteiger partial charge in [0.15, 0.2) is 5.96 Å². The van der Waals surface area contributed by atoms with Crippen molar-refractivity contribution in [1.82, 2.24) is 5.32 Å². The summed E-state index contributed by atoms with van der Waals surface area (Å²) in [4.78, 5) is 12.2. The van der Waals surface area contributed by atoms with Crippen molar-refractivity contribution in [2.24, 2.45) is 5.73 Å². The Morgan fingerprint density at radius 3 is 2.59 bits per heavy atom. The molecule has 0 fully saturated rings. The molecule has 0 radical (unpaired) electrons. The lowest BCUT2D eigenvalue weighted by molar-refractivity contribution is 0.0980. The van der Waals surface area contributed by atoms with Crippen LogP contribution in [0.3, 0.4) is 0 Å². The van der Waals surface area contributed by atoms with Gasteiger partial charge >= 0.3 is 0 Å². The summed E-state index contributed by atoms with van der Waals surface area (Å²) in [7, 11) is -3.67. The minimum absolute atomic E-state index is 0.351. The topological polar surface area (TPSA) is 133 Å². The van der Waals surface area contributed by atoms with Gasteiger partial charge in [-0.2, -0.15) is 8.42 Å². The fourth-order valence-corrected chi connectivity index (χ4v) is 2.55. The molecule has 2 rings (SSSR count). The van der Waals surface area contributed by atoms with Gasteiger partial charge in [0, 0.05) is 10.1 Å². The van der Waals surface area contributed by atoms with E-state index < -0.39 is 10.1 Å². The molecular formula is C13H15N3O4S2. The highest BCUT2D eigenvalue weighted by atomic mass is 32.2. The highest BCUT2D eigenvalue weighted by Crippen LogP contribution is 2.28. The lowest BCUT2D eigenvalue weighted by atomic mass is 10.1. The first-order valence-electron chi connectivity index (χ1n) is 5.84. The summed E-state index contributed by atoms with van der Waals surface area (Å²) in [6.45, 7) is 3.73. The molecule has 0 aliphatic rings. The van der Waals surface area contributed by atoms with Gasteiger partial charge in [-0.1, -0.05) is 24.8 Å². The Hall–Kier alpha value is -2.23. The van der Waals surface area contributed by atoms with Crippen molar-refractivity contribution in [3.63, 3.8) is 0 Å². The second-order valence-electron chi connectivity index (χ2n) is 4.17. The first-order valence-corrected chi connectivity index (χ1v) is 8.51. The first-order chi connectivity index (χ1) is 10.1. The number of hydrogen-bond donors (Lipinski definition) is 4. The minimum atomic E-state index is -3.67. The number of nitrogens with two attached hydrogens (primary N) is 1. The van der Waals surface area contributed by atoms with E-state index in [2.05, 4.69) is 11.9 Å². The van der Waals surface area contributed by atoms with Crippen LogP contribution >= 0.6 is 11.3 Å². The van der Waals surface area contributed by atoms with Crippen molar-refractivity contribution in [1.29, 1.82) is 5.41 Å². The van der Waals surface area contributed by atoms with Crippen molar-refractivity contribution in [2.75, 3.05) is 6.26 Å². The predicted molar refractivity (Wildman–Crippen MR) is 88.8 cm³/mol. The maximum Gasteiger partial charge on any atom is 0.268 e. The van der Waals surface area contributed by atoms with E-state index in [0.29, 0.717) is 11.1 Å². The summed E-state index contributed by atoms with van der Waals surface area (Å²) in [5.41, 5.74) is 6.11. The number of fused-ring (bicyclic) bond motifs is 1. The van der Waals surface area contributed by atoms with Crippen LogP contribution in [0.1, 0.15) is 15.2 Å². The van der Waals surface area contributed by atoms with Crippen LogP contribution in [-0.4, -0.2) is 31.1 Å². The molecule has 2 aromatic rings. The summed E-state index contributed by atoms with van der Waals surface area (Å²) in [6.07, 6.45) is 2.47. The molecular weight excluding hydrogens is 326 g/mol. The molecule has 0 saturated heterocycles. The molecule has 0 aliphatic heterocycles. The molecule has 5 N–H and O–H groups in total. The van der Waals surface area contributed by atoms with Gasteiger partial charge in [-0.05, 0) is 17.7 Å². The zero-order valence-corrected chi connectivity index (χ0v) is 13.3. The summed E-state index contributed by atoms with van der Waals surface area (Å²) >= 11 is 1.36. The molecule has 1 aromatic carbocycles. The van der Waals surface area contributed by atoms with Crippen LogP contribution in [0, 0.1) is 5.41 Å². The number of nitrogens with one attached hydrogen (secondary N) is 2. The number of thiophene rings is 1. The van der Waals surface area contributed by atoms with E-state index in [1.807, 2.05) is 18.2 Å². The van der Waals surface area contributed by atoms with Gasteiger partial charge in [-0.3, -0.25) is 20.1 Å². The normalized spacial score (nSPS) is 10.5. The predicted octanol–water partition coefficient (Wildman–Crippen LogP) is 1.67. The highest BCUT2D eigenvalue weighted by molar-refractivity contribution is 7.85. The van der Waals surface area contributed by atoms with Crippen LogP contribution in [-0.2, 0) is 10.1 Å². The van der Waals surface area contributed by atoms with Crippen molar-refractivity contribution in [3.8, 4) is 0 Å². The number of carbonyl (C=O) groups excluding carboxylic acids is 1. The summed E-state index contributed by atoms with van der Waals surface area (Å²) in [5.74, 6) is -0.704. The summed E-state index contributed by atoms with van der Waals surface area (Å²) in [5, 5.41) is 10.3. The quantitative estimate of drug-likeness (QED) is 0.374. The minimum Gasteiger partial charge on any atom is -0.370 e. The smallest absolute Gasteiger partial charge is 0.268 e. The van der Waals surface area contributed by atoms with E-state index in [1.165, 1.54) is 11.3 Å². The SMILES string of the molecule is C=Cc1cccc2sc(C(=O)NC(=N)N)cc12.CS(=O)(=O)O. The molecule has 0 aliphatic carbocycles. The second kappa shape index (κ2) is 7.16. The molecule has 1 amide bonds. The standard InChI is InChI=1S/C12H11N3OS.CH4O3S/c1-2-7-4-3-5-9-8(7)6-10(17-9)11(16)15-12(13)14;1-5(2,3)4/h2-6H,1H2,(H4,13,14,15,16);1H3,(H,2,3,4). The monoisotopic (exact) mass is 341 g/mol. The van der Waals surface area contributed by atoms with E-state index in [4.69, 9.17) is 15.7 Å². The largest absolute Gasteiger partial charge is 0.370 e. The lowest BCUT2D eigenvalue weighted by Crippen LogP contribution is -2.35. The van der Waals surface area contributed by atoms with Crippen LogP contribution < -0.4 is 11.1 Å². The number of guanidine groups is 1. The zero-order valence-electron chi connectivity index (χ0n) is 11.7. The van der Waals surface area contributed by atoms with Crippen molar-refractivity contribution in [3.05, 3.63) is 41.3 Å². The zero-order chi connectivity index (χ0) is 16.9. The molecule has 22 heavy (non-hydrogen) atoms. The Bertz CT molecular complexity index is 817. The maximum absolute atomic E-state index is 11.7. The Labute approximate surface area is 131 Å².